The van der Waals surface area contributed by atoms with Crippen molar-refractivity contribution in [2.24, 2.45) is 0 Å². The van der Waals surface area contributed by atoms with E-state index in [0.717, 1.165) is 0 Å². The van der Waals surface area contributed by atoms with Crippen LogP contribution in [0.15, 0.2) is 53.4 Å². The third-order valence-corrected chi connectivity index (χ3v) is 5.02. The van der Waals surface area contributed by atoms with Crippen LogP contribution in [-0.4, -0.2) is 27.5 Å². The Bertz CT molecular complexity index is 822. The first-order valence-electron chi connectivity index (χ1n) is 7.05. The number of nitrogens with one attached hydrogen (secondary N) is 2. The van der Waals surface area contributed by atoms with Gasteiger partial charge in [0.25, 0.3) is 0 Å². The lowest BCUT2D eigenvalue weighted by atomic mass is 10.2. The second-order valence-corrected chi connectivity index (χ2v) is 7.14. The Hall–Kier alpha value is -2.09. The maximum absolute atomic E-state index is 12.3. The highest BCUT2D eigenvalue weighted by atomic mass is 35.5. The van der Waals surface area contributed by atoms with Crippen molar-refractivity contribution in [2.45, 2.75) is 17.9 Å². The first-order valence-corrected chi connectivity index (χ1v) is 8.91. The minimum absolute atomic E-state index is 0.0313. The highest BCUT2D eigenvalue weighted by Crippen LogP contribution is 2.23. The van der Waals surface area contributed by atoms with Gasteiger partial charge >= 0.3 is 0 Å². The topological polar surface area (TPSA) is 84.5 Å². The molecule has 0 aliphatic heterocycles. The van der Waals surface area contributed by atoms with Crippen molar-refractivity contribution >= 4 is 33.2 Å². The highest BCUT2D eigenvalue weighted by Gasteiger charge is 2.22. The van der Waals surface area contributed by atoms with E-state index in [2.05, 4.69) is 10.0 Å². The number of anilines is 1. The van der Waals surface area contributed by atoms with Gasteiger partial charge in [0.15, 0.2) is 0 Å². The van der Waals surface area contributed by atoms with Gasteiger partial charge in [0.05, 0.1) is 23.7 Å². The number of carbonyl (C=O) groups is 1. The summed E-state index contributed by atoms with van der Waals surface area (Å²) in [6.07, 6.45) is 0. The molecule has 0 spiro atoms. The maximum atomic E-state index is 12.3. The lowest BCUT2D eigenvalue weighted by Crippen LogP contribution is -2.41. The SMILES string of the molecule is COc1ccccc1NC(=O)[C@@H](C)NS(=O)(=O)c1ccc(Cl)cc1. The van der Waals surface area contributed by atoms with Crippen LogP contribution in [0.1, 0.15) is 6.92 Å². The van der Waals surface area contributed by atoms with Crippen molar-refractivity contribution < 1.29 is 17.9 Å². The Morgan fingerprint density at radius 2 is 1.75 bits per heavy atom. The summed E-state index contributed by atoms with van der Waals surface area (Å²) in [5.74, 6) is -0.0179. The fourth-order valence-electron chi connectivity index (χ4n) is 1.96. The highest BCUT2D eigenvalue weighted by molar-refractivity contribution is 7.89. The fraction of sp³-hybridized carbons (Fsp3) is 0.188. The lowest BCUT2D eigenvalue weighted by molar-refractivity contribution is -0.117. The Morgan fingerprint density at radius 3 is 2.38 bits per heavy atom. The van der Waals surface area contributed by atoms with E-state index in [0.29, 0.717) is 16.5 Å². The van der Waals surface area contributed by atoms with Gasteiger partial charge in [-0.05, 0) is 43.3 Å². The number of amides is 1. The van der Waals surface area contributed by atoms with Crippen molar-refractivity contribution in [1.29, 1.82) is 0 Å². The third kappa shape index (κ3) is 4.47. The predicted octanol–water partition coefficient (Wildman–Crippen LogP) is 2.65. The number of halogens is 1. The maximum Gasteiger partial charge on any atom is 0.242 e. The van der Waals surface area contributed by atoms with Crippen LogP contribution in [0.4, 0.5) is 5.69 Å². The number of methoxy groups -OCH3 is 1. The molecule has 0 bridgehead atoms. The summed E-state index contributed by atoms with van der Waals surface area (Å²) in [5.41, 5.74) is 0.461. The van der Waals surface area contributed by atoms with Crippen molar-refractivity contribution in [3.05, 3.63) is 53.6 Å². The molecule has 2 N–H and O–H groups in total. The molecule has 0 radical (unpaired) electrons. The van der Waals surface area contributed by atoms with Crippen molar-refractivity contribution in [1.82, 2.24) is 4.72 Å². The van der Waals surface area contributed by atoms with E-state index in [1.165, 1.54) is 38.3 Å². The smallest absolute Gasteiger partial charge is 0.242 e. The first kappa shape index (κ1) is 18.3. The molecule has 8 heteroatoms. The average molecular weight is 369 g/mol. The van der Waals surface area contributed by atoms with Gasteiger partial charge in [0.2, 0.25) is 15.9 Å². The number of ether oxygens (including phenoxy) is 1. The third-order valence-electron chi connectivity index (χ3n) is 3.21. The summed E-state index contributed by atoms with van der Waals surface area (Å²) in [4.78, 5) is 12.3. The number of hydrogen-bond acceptors (Lipinski definition) is 4. The molecule has 0 saturated heterocycles. The molecule has 128 valence electrons. The van der Waals surface area contributed by atoms with Crippen molar-refractivity contribution in [3.8, 4) is 5.75 Å². The van der Waals surface area contributed by atoms with E-state index in [4.69, 9.17) is 16.3 Å². The molecule has 6 nitrogen and oxygen atoms in total. The molecule has 2 aromatic rings. The normalized spacial score (nSPS) is 12.5. The molecule has 0 aromatic heterocycles. The minimum Gasteiger partial charge on any atom is -0.495 e. The van der Waals surface area contributed by atoms with E-state index in [1.54, 1.807) is 24.3 Å². The predicted molar refractivity (Wildman–Crippen MR) is 92.9 cm³/mol. The molecule has 1 amide bonds. The number of sulfonamides is 1. The summed E-state index contributed by atoms with van der Waals surface area (Å²) in [6, 6.07) is 11.6. The van der Waals surface area contributed by atoms with Crippen LogP contribution < -0.4 is 14.8 Å². The molecule has 0 fully saturated rings. The summed E-state index contributed by atoms with van der Waals surface area (Å²) in [7, 11) is -2.35. The average Bonchev–Trinajstić information content (AvgIpc) is 2.55. The minimum atomic E-state index is -3.83. The molecular formula is C16H17ClN2O4S. The number of benzene rings is 2. The summed E-state index contributed by atoms with van der Waals surface area (Å²) in [5, 5.41) is 3.06. The summed E-state index contributed by atoms with van der Waals surface area (Å²) < 4.78 is 32.0. The Labute approximate surface area is 145 Å². The fourth-order valence-corrected chi connectivity index (χ4v) is 3.29. The van der Waals surface area contributed by atoms with Crippen LogP contribution in [0.3, 0.4) is 0 Å². The molecule has 1 atom stereocenters. The first-order chi connectivity index (χ1) is 11.3. The second-order valence-electron chi connectivity index (χ2n) is 4.99. The van der Waals surface area contributed by atoms with Gasteiger partial charge in [-0.1, -0.05) is 23.7 Å². The number of carbonyl (C=O) groups excluding carboxylic acids is 1. The van der Waals surface area contributed by atoms with Gasteiger partial charge in [-0.2, -0.15) is 4.72 Å². The molecule has 0 unspecified atom stereocenters. The van der Waals surface area contributed by atoms with Gasteiger partial charge in [-0.3, -0.25) is 4.79 Å². The van der Waals surface area contributed by atoms with E-state index < -0.39 is 22.0 Å². The molecule has 0 heterocycles. The van der Waals surface area contributed by atoms with Gasteiger partial charge in [0.1, 0.15) is 5.75 Å². The summed E-state index contributed by atoms with van der Waals surface area (Å²) >= 11 is 5.75. The van der Waals surface area contributed by atoms with Gasteiger partial charge in [0, 0.05) is 5.02 Å². The zero-order valence-electron chi connectivity index (χ0n) is 13.1. The van der Waals surface area contributed by atoms with Gasteiger partial charge in [-0.15, -0.1) is 0 Å². The van der Waals surface area contributed by atoms with Crippen LogP contribution in [0.5, 0.6) is 5.75 Å². The number of rotatable bonds is 6. The Kier molecular flexibility index (Phi) is 5.82. The standard InChI is InChI=1S/C16H17ClN2O4S/c1-11(16(20)18-14-5-3-4-6-15(14)23-2)19-24(21,22)13-9-7-12(17)8-10-13/h3-11,19H,1-2H3,(H,18,20)/t11-/m1/s1. The van der Waals surface area contributed by atoms with Crippen LogP contribution in [0.25, 0.3) is 0 Å². The van der Waals surface area contributed by atoms with Gasteiger partial charge < -0.3 is 10.1 Å². The zero-order chi connectivity index (χ0) is 17.7. The zero-order valence-corrected chi connectivity index (χ0v) is 14.7. The van der Waals surface area contributed by atoms with Crippen LogP contribution in [0, 0.1) is 0 Å². The van der Waals surface area contributed by atoms with Crippen LogP contribution in [0.2, 0.25) is 5.02 Å². The van der Waals surface area contributed by atoms with Gasteiger partial charge in [-0.25, -0.2) is 8.42 Å². The molecule has 24 heavy (non-hydrogen) atoms. The summed E-state index contributed by atoms with van der Waals surface area (Å²) in [6.45, 7) is 1.46. The van der Waals surface area contributed by atoms with Crippen molar-refractivity contribution in [3.63, 3.8) is 0 Å². The lowest BCUT2D eigenvalue weighted by Gasteiger charge is -2.16. The molecule has 0 aliphatic carbocycles. The molecular weight excluding hydrogens is 352 g/mol. The van der Waals surface area contributed by atoms with E-state index in [9.17, 15) is 13.2 Å². The number of para-hydroxylation sites is 2. The molecule has 2 aromatic carbocycles. The van der Waals surface area contributed by atoms with E-state index in [1.807, 2.05) is 0 Å². The second kappa shape index (κ2) is 7.65. The molecule has 2 rings (SSSR count). The Balaban J connectivity index is 2.09. The van der Waals surface area contributed by atoms with E-state index in [-0.39, 0.29) is 4.90 Å². The van der Waals surface area contributed by atoms with E-state index >= 15 is 0 Å². The van der Waals surface area contributed by atoms with Crippen LogP contribution in [-0.2, 0) is 14.8 Å². The number of hydrogen-bond donors (Lipinski definition) is 2. The van der Waals surface area contributed by atoms with Crippen LogP contribution >= 0.6 is 11.6 Å². The monoisotopic (exact) mass is 368 g/mol. The molecule has 0 saturated carbocycles. The largest absolute Gasteiger partial charge is 0.495 e. The molecule has 0 aliphatic rings. The Morgan fingerprint density at radius 1 is 1.12 bits per heavy atom. The van der Waals surface area contributed by atoms with Crippen molar-refractivity contribution in [2.75, 3.05) is 12.4 Å². The quantitative estimate of drug-likeness (QED) is 0.820.